The number of nitrogens with one attached hydrogen (secondary N) is 1. The summed E-state index contributed by atoms with van der Waals surface area (Å²) in [5.74, 6) is 0. The molecule has 7 heavy (non-hydrogen) atoms. The quantitative estimate of drug-likeness (QED) is 0.443. The standard InChI is InChI=1S/C3H7NOSe.H2O/c1-2-5-3-6-4-1;/h4H,1-3H2;1H2. The van der Waals surface area contributed by atoms with Gasteiger partial charge in [-0.1, -0.05) is 0 Å². The van der Waals surface area contributed by atoms with Gasteiger partial charge in [-0.15, -0.1) is 0 Å². The van der Waals surface area contributed by atoms with Crippen molar-refractivity contribution in [3.63, 3.8) is 0 Å². The van der Waals surface area contributed by atoms with Gasteiger partial charge in [0.25, 0.3) is 0 Å². The number of rotatable bonds is 0. The number of ether oxygens (including phenoxy) is 1. The fraction of sp³-hybridized carbons (Fsp3) is 1.00. The second-order valence-electron chi connectivity index (χ2n) is 1.06. The minimum atomic E-state index is 0. The van der Waals surface area contributed by atoms with Crippen LogP contribution in [0.25, 0.3) is 0 Å². The Kier molecular flexibility index (Phi) is 4.82. The van der Waals surface area contributed by atoms with Crippen molar-refractivity contribution in [2.75, 3.05) is 18.7 Å². The van der Waals surface area contributed by atoms with Crippen molar-refractivity contribution in [1.82, 2.24) is 4.33 Å². The first-order valence-electron chi connectivity index (χ1n) is 1.92. The predicted octanol–water partition coefficient (Wildman–Crippen LogP) is -1.64. The Morgan fingerprint density at radius 2 is 2.43 bits per heavy atom. The average molecular weight is 170 g/mol. The summed E-state index contributed by atoms with van der Waals surface area (Å²) in [6.45, 7) is 1.96. The van der Waals surface area contributed by atoms with Gasteiger partial charge in [-0.3, -0.25) is 0 Å². The molecule has 0 bridgehead atoms. The summed E-state index contributed by atoms with van der Waals surface area (Å²) in [6, 6.07) is 0. The second-order valence-corrected chi connectivity index (χ2v) is 2.77. The number of hydrogen-bond acceptors (Lipinski definition) is 2. The van der Waals surface area contributed by atoms with Gasteiger partial charge in [0.2, 0.25) is 0 Å². The molecule has 1 saturated heterocycles. The maximum Gasteiger partial charge on any atom is -0.412 e. The predicted molar refractivity (Wildman–Crippen MR) is 28.2 cm³/mol. The molecule has 1 rings (SSSR count). The number of hydrogen-bond donors (Lipinski definition) is 1. The second kappa shape index (κ2) is 4.56. The topological polar surface area (TPSA) is 52.8 Å². The fourth-order valence-corrected chi connectivity index (χ4v) is 1.40. The van der Waals surface area contributed by atoms with E-state index in [4.69, 9.17) is 4.74 Å². The minimum absolute atomic E-state index is 0. The molecule has 0 saturated carbocycles. The van der Waals surface area contributed by atoms with E-state index in [2.05, 4.69) is 4.33 Å². The van der Waals surface area contributed by atoms with Gasteiger partial charge in [-0.2, -0.15) is 0 Å². The van der Waals surface area contributed by atoms with Crippen LogP contribution in [-0.2, 0) is 4.74 Å². The van der Waals surface area contributed by atoms with Crippen molar-refractivity contribution in [2.45, 2.75) is 0 Å². The first kappa shape index (κ1) is 7.40. The van der Waals surface area contributed by atoms with Crippen LogP contribution >= 0.6 is 0 Å². The Hall–Kier alpha value is 0.399. The summed E-state index contributed by atoms with van der Waals surface area (Å²) in [5.41, 5.74) is 0.951. The smallest absolute Gasteiger partial charge is 0.412 e. The van der Waals surface area contributed by atoms with E-state index in [0.717, 1.165) is 18.7 Å². The first-order chi connectivity index (χ1) is 3.00. The fourth-order valence-electron chi connectivity index (χ4n) is 0.328. The van der Waals surface area contributed by atoms with Gasteiger partial charge in [0.1, 0.15) is 0 Å². The molecule has 4 heteroatoms. The molecule has 44 valence electrons. The maximum absolute atomic E-state index is 5.03. The molecule has 1 fully saturated rings. The molecule has 0 aromatic heterocycles. The molecule has 1 heterocycles. The molecule has 3 nitrogen and oxygen atoms in total. The molecule has 0 aromatic rings. The third-order valence-corrected chi connectivity index (χ3v) is 2.05. The molecule has 0 aromatic carbocycles. The average Bonchev–Trinajstić information content (AvgIpc) is 1.72. The van der Waals surface area contributed by atoms with Crippen molar-refractivity contribution in [3.05, 3.63) is 0 Å². The Bertz CT molecular complexity index is 28.4. The van der Waals surface area contributed by atoms with E-state index in [0.29, 0.717) is 15.2 Å². The van der Waals surface area contributed by atoms with Crippen LogP contribution in [0.3, 0.4) is 0 Å². The van der Waals surface area contributed by atoms with Crippen LogP contribution in [0.5, 0.6) is 0 Å². The summed E-state index contributed by atoms with van der Waals surface area (Å²) < 4.78 is 8.26. The van der Waals surface area contributed by atoms with Gasteiger partial charge in [-0.25, -0.2) is 0 Å². The van der Waals surface area contributed by atoms with Crippen molar-refractivity contribution < 1.29 is 10.2 Å². The summed E-state index contributed by atoms with van der Waals surface area (Å²) in [5, 5.41) is 0. The minimum Gasteiger partial charge on any atom is -0.412 e. The molecule has 0 spiro atoms. The van der Waals surface area contributed by atoms with Crippen LogP contribution in [0.1, 0.15) is 0 Å². The van der Waals surface area contributed by atoms with Gasteiger partial charge in [-0.05, 0) is 0 Å². The van der Waals surface area contributed by atoms with Crippen LogP contribution in [0.15, 0.2) is 0 Å². The van der Waals surface area contributed by atoms with Crippen molar-refractivity contribution in [2.24, 2.45) is 0 Å². The molecule has 1 aliphatic heterocycles. The van der Waals surface area contributed by atoms with Crippen molar-refractivity contribution >= 4 is 15.2 Å². The Morgan fingerprint density at radius 1 is 1.57 bits per heavy atom. The Balaban J connectivity index is 0.000000360. The molecule has 0 atom stereocenters. The SMILES string of the molecule is C1COC[Se]N1.O. The van der Waals surface area contributed by atoms with Crippen LogP contribution in [0.2, 0.25) is 0 Å². The zero-order chi connectivity index (χ0) is 4.24. The summed E-state index contributed by atoms with van der Waals surface area (Å²) in [7, 11) is 0. The van der Waals surface area contributed by atoms with Crippen LogP contribution in [0.4, 0.5) is 0 Å². The molecule has 3 N–H and O–H groups in total. The van der Waals surface area contributed by atoms with E-state index in [9.17, 15) is 0 Å². The van der Waals surface area contributed by atoms with Gasteiger partial charge in [0, 0.05) is 0 Å². The largest absolute Gasteiger partial charge is 0.412 e. The van der Waals surface area contributed by atoms with E-state index >= 15 is 0 Å². The molecule has 0 radical (unpaired) electrons. The van der Waals surface area contributed by atoms with E-state index in [1.165, 1.54) is 0 Å². The van der Waals surface area contributed by atoms with Gasteiger partial charge in [0.05, 0.1) is 0 Å². The normalized spacial score (nSPS) is 20.6. The van der Waals surface area contributed by atoms with Gasteiger partial charge >= 0.3 is 42.9 Å². The molecule has 1 aliphatic rings. The maximum atomic E-state index is 5.03. The van der Waals surface area contributed by atoms with Crippen molar-refractivity contribution in [3.8, 4) is 0 Å². The van der Waals surface area contributed by atoms with Crippen LogP contribution < -0.4 is 4.33 Å². The van der Waals surface area contributed by atoms with Crippen LogP contribution in [-0.4, -0.2) is 39.3 Å². The van der Waals surface area contributed by atoms with Gasteiger partial charge < -0.3 is 5.48 Å². The molecular formula is C3H9NO2Se. The van der Waals surface area contributed by atoms with E-state index in [1.54, 1.807) is 0 Å². The van der Waals surface area contributed by atoms with Crippen LogP contribution in [0, 0.1) is 0 Å². The molecular weight excluding hydrogens is 161 g/mol. The zero-order valence-electron chi connectivity index (χ0n) is 3.94. The van der Waals surface area contributed by atoms with E-state index in [-0.39, 0.29) is 5.48 Å². The third kappa shape index (κ3) is 3.02. The molecule has 0 amide bonds. The third-order valence-electron chi connectivity index (χ3n) is 0.593. The molecule has 0 aliphatic carbocycles. The Labute approximate surface area is 49.1 Å². The van der Waals surface area contributed by atoms with E-state index < -0.39 is 0 Å². The first-order valence-corrected chi connectivity index (χ1v) is 3.99. The zero-order valence-corrected chi connectivity index (χ0v) is 5.65. The molecule has 0 unspecified atom stereocenters. The summed E-state index contributed by atoms with van der Waals surface area (Å²) in [4.78, 5) is 0. The monoisotopic (exact) mass is 171 g/mol. The van der Waals surface area contributed by atoms with Gasteiger partial charge in [0.15, 0.2) is 0 Å². The summed E-state index contributed by atoms with van der Waals surface area (Å²) >= 11 is 0.582. The Morgan fingerprint density at radius 3 is 2.57 bits per heavy atom. The van der Waals surface area contributed by atoms with Crippen molar-refractivity contribution in [1.29, 1.82) is 0 Å². The summed E-state index contributed by atoms with van der Waals surface area (Å²) in [6.07, 6.45) is 0. The van der Waals surface area contributed by atoms with E-state index in [1.807, 2.05) is 0 Å².